The fourth-order valence-electron chi connectivity index (χ4n) is 2.45. The molecule has 0 amide bonds. The number of carbonyl (C=O) groups is 1. The first-order chi connectivity index (χ1) is 8.67. The van der Waals surface area contributed by atoms with Crippen molar-refractivity contribution < 1.29 is 15.0 Å². The lowest BCUT2D eigenvalue weighted by atomic mass is 9.76. The molecule has 0 saturated heterocycles. The zero-order valence-corrected chi connectivity index (χ0v) is 12.2. The van der Waals surface area contributed by atoms with Crippen molar-refractivity contribution in [2.24, 2.45) is 11.8 Å². The van der Waals surface area contributed by atoms with E-state index in [0.29, 0.717) is 5.56 Å². The van der Waals surface area contributed by atoms with Crippen LogP contribution in [0.4, 0.5) is 5.69 Å². The van der Waals surface area contributed by atoms with E-state index < -0.39 is 17.5 Å². The first-order valence-electron chi connectivity index (χ1n) is 6.41. The number of carboxylic acid groups (broad SMARTS) is 1. The van der Waals surface area contributed by atoms with Crippen molar-refractivity contribution in [2.75, 3.05) is 19.0 Å². The average Bonchev–Trinajstić information content (AvgIpc) is 2.27. The van der Waals surface area contributed by atoms with Gasteiger partial charge in [0.25, 0.3) is 0 Å². The molecule has 0 spiro atoms. The topological polar surface area (TPSA) is 60.8 Å². The van der Waals surface area contributed by atoms with E-state index in [-0.39, 0.29) is 5.92 Å². The van der Waals surface area contributed by atoms with E-state index >= 15 is 0 Å². The van der Waals surface area contributed by atoms with Gasteiger partial charge in [-0.3, -0.25) is 4.79 Å². The van der Waals surface area contributed by atoms with Crippen molar-refractivity contribution in [3.63, 3.8) is 0 Å². The molecular formula is C15H23NO3. The molecule has 19 heavy (non-hydrogen) atoms. The van der Waals surface area contributed by atoms with Crippen LogP contribution in [0.2, 0.25) is 0 Å². The van der Waals surface area contributed by atoms with Crippen LogP contribution in [0.5, 0.6) is 0 Å². The van der Waals surface area contributed by atoms with Gasteiger partial charge in [-0.1, -0.05) is 26.0 Å². The van der Waals surface area contributed by atoms with Gasteiger partial charge in [-0.2, -0.15) is 0 Å². The van der Waals surface area contributed by atoms with Crippen LogP contribution in [0.25, 0.3) is 0 Å². The Hall–Kier alpha value is -1.55. The molecule has 1 aromatic carbocycles. The highest BCUT2D eigenvalue weighted by Gasteiger charge is 2.40. The molecular weight excluding hydrogens is 242 g/mol. The van der Waals surface area contributed by atoms with E-state index in [1.165, 1.54) is 0 Å². The lowest BCUT2D eigenvalue weighted by molar-refractivity contribution is -0.155. The quantitative estimate of drug-likeness (QED) is 0.857. The molecule has 4 nitrogen and oxygen atoms in total. The van der Waals surface area contributed by atoms with Crippen LogP contribution in [0.1, 0.15) is 26.3 Å². The van der Waals surface area contributed by atoms with E-state index in [1.807, 2.05) is 31.1 Å². The van der Waals surface area contributed by atoms with Crippen molar-refractivity contribution >= 4 is 11.7 Å². The Morgan fingerprint density at radius 1 is 1.21 bits per heavy atom. The lowest BCUT2D eigenvalue weighted by Gasteiger charge is -2.33. The first kappa shape index (κ1) is 15.5. The number of rotatable bonds is 5. The maximum Gasteiger partial charge on any atom is 0.310 e. The fraction of sp³-hybridized carbons (Fsp3) is 0.533. The maximum absolute atomic E-state index is 11.4. The highest BCUT2D eigenvalue weighted by atomic mass is 16.4. The zero-order valence-electron chi connectivity index (χ0n) is 12.2. The van der Waals surface area contributed by atoms with E-state index in [9.17, 15) is 15.0 Å². The molecule has 0 saturated carbocycles. The summed E-state index contributed by atoms with van der Waals surface area (Å²) in [5.74, 6) is -1.96. The number of anilines is 1. The Bertz CT molecular complexity index is 435. The minimum absolute atomic E-state index is 0.152. The number of benzene rings is 1. The molecule has 0 aliphatic carbocycles. The highest BCUT2D eigenvalue weighted by Crippen LogP contribution is 2.35. The van der Waals surface area contributed by atoms with Gasteiger partial charge in [0.2, 0.25) is 0 Å². The third kappa shape index (κ3) is 3.26. The van der Waals surface area contributed by atoms with Crippen molar-refractivity contribution in [1.82, 2.24) is 0 Å². The Morgan fingerprint density at radius 2 is 1.68 bits per heavy atom. The third-order valence-corrected chi connectivity index (χ3v) is 3.51. The molecule has 2 N–H and O–H groups in total. The molecule has 0 fully saturated rings. The van der Waals surface area contributed by atoms with Crippen molar-refractivity contribution in [3.8, 4) is 0 Å². The number of hydrogen-bond donors (Lipinski definition) is 2. The summed E-state index contributed by atoms with van der Waals surface area (Å²) in [6.07, 6.45) is 0. The van der Waals surface area contributed by atoms with Gasteiger partial charge in [-0.15, -0.1) is 0 Å². The summed E-state index contributed by atoms with van der Waals surface area (Å²) in [6, 6.07) is 7.33. The molecule has 0 aliphatic rings. The van der Waals surface area contributed by atoms with E-state index in [0.717, 1.165) is 5.69 Å². The first-order valence-corrected chi connectivity index (χ1v) is 6.41. The third-order valence-electron chi connectivity index (χ3n) is 3.51. The Kier molecular flexibility index (Phi) is 4.58. The van der Waals surface area contributed by atoms with E-state index in [2.05, 4.69) is 0 Å². The average molecular weight is 265 g/mol. The van der Waals surface area contributed by atoms with E-state index in [4.69, 9.17) is 0 Å². The smallest absolute Gasteiger partial charge is 0.310 e. The normalized spacial score (nSPS) is 15.9. The number of aliphatic carboxylic acids is 1. The van der Waals surface area contributed by atoms with Crippen LogP contribution in [0.15, 0.2) is 24.3 Å². The van der Waals surface area contributed by atoms with Crippen LogP contribution in [-0.4, -0.2) is 30.3 Å². The standard InChI is InChI=1S/C15H23NO3/c1-10(2)13(14(17)18)15(3,19)11-6-8-12(9-7-11)16(4)5/h6-10,13,19H,1-5H3,(H,17,18). The summed E-state index contributed by atoms with van der Waals surface area (Å²) in [4.78, 5) is 13.3. The summed E-state index contributed by atoms with van der Waals surface area (Å²) < 4.78 is 0. The minimum Gasteiger partial charge on any atom is -0.481 e. The van der Waals surface area contributed by atoms with Crippen LogP contribution in [0, 0.1) is 11.8 Å². The molecule has 2 unspecified atom stereocenters. The second-order valence-corrected chi connectivity index (χ2v) is 5.65. The van der Waals surface area contributed by atoms with Gasteiger partial charge in [-0.25, -0.2) is 0 Å². The van der Waals surface area contributed by atoms with Gasteiger partial charge in [-0.05, 0) is 30.5 Å². The van der Waals surface area contributed by atoms with Gasteiger partial charge in [0, 0.05) is 19.8 Å². The van der Waals surface area contributed by atoms with Gasteiger partial charge in [0.15, 0.2) is 0 Å². The number of carboxylic acids is 1. The predicted molar refractivity (Wildman–Crippen MR) is 76.3 cm³/mol. The van der Waals surface area contributed by atoms with Gasteiger partial charge in [0.1, 0.15) is 5.60 Å². The van der Waals surface area contributed by atoms with Crippen LogP contribution >= 0.6 is 0 Å². The number of hydrogen-bond acceptors (Lipinski definition) is 3. The molecule has 0 bridgehead atoms. The van der Waals surface area contributed by atoms with Crippen LogP contribution in [-0.2, 0) is 10.4 Å². The Labute approximate surface area is 114 Å². The predicted octanol–water partition coefficient (Wildman–Crippen LogP) is 2.32. The second kappa shape index (κ2) is 5.61. The molecule has 2 atom stereocenters. The highest BCUT2D eigenvalue weighted by molar-refractivity contribution is 5.72. The monoisotopic (exact) mass is 265 g/mol. The molecule has 0 aliphatic heterocycles. The molecule has 1 aromatic rings. The molecule has 4 heteroatoms. The van der Waals surface area contributed by atoms with E-state index in [1.54, 1.807) is 32.9 Å². The van der Waals surface area contributed by atoms with Gasteiger partial charge in [0.05, 0.1) is 5.92 Å². The summed E-state index contributed by atoms with van der Waals surface area (Å²) in [7, 11) is 3.86. The Morgan fingerprint density at radius 3 is 2.00 bits per heavy atom. The SMILES string of the molecule is CC(C)C(C(=O)O)C(C)(O)c1ccc(N(C)C)cc1. The molecule has 0 radical (unpaired) electrons. The summed E-state index contributed by atoms with van der Waals surface area (Å²) in [5, 5.41) is 19.9. The summed E-state index contributed by atoms with van der Waals surface area (Å²) in [5.41, 5.74) is 0.250. The fourth-order valence-corrected chi connectivity index (χ4v) is 2.45. The molecule has 1 rings (SSSR count). The number of nitrogens with zero attached hydrogens (tertiary/aromatic N) is 1. The van der Waals surface area contributed by atoms with Crippen LogP contribution in [0.3, 0.4) is 0 Å². The maximum atomic E-state index is 11.4. The zero-order chi connectivity index (χ0) is 14.8. The summed E-state index contributed by atoms with van der Waals surface area (Å²) in [6.45, 7) is 5.18. The Balaban J connectivity index is 3.14. The molecule has 0 aromatic heterocycles. The number of aliphatic hydroxyl groups is 1. The van der Waals surface area contributed by atoms with Crippen molar-refractivity contribution in [3.05, 3.63) is 29.8 Å². The van der Waals surface area contributed by atoms with Crippen molar-refractivity contribution in [1.29, 1.82) is 0 Å². The molecule has 106 valence electrons. The minimum atomic E-state index is -1.38. The second-order valence-electron chi connectivity index (χ2n) is 5.65. The molecule has 0 heterocycles. The van der Waals surface area contributed by atoms with Gasteiger partial charge < -0.3 is 15.1 Å². The largest absolute Gasteiger partial charge is 0.481 e. The van der Waals surface area contributed by atoms with Gasteiger partial charge >= 0.3 is 5.97 Å². The van der Waals surface area contributed by atoms with Crippen molar-refractivity contribution in [2.45, 2.75) is 26.4 Å². The lowest BCUT2D eigenvalue weighted by Crippen LogP contribution is -2.40. The summed E-state index contributed by atoms with van der Waals surface area (Å²) >= 11 is 0. The van der Waals surface area contributed by atoms with Crippen LogP contribution < -0.4 is 4.90 Å².